The van der Waals surface area contributed by atoms with Gasteiger partial charge in [0, 0.05) is 25.6 Å². The molecular weight excluding hydrogens is 256 g/mol. The van der Waals surface area contributed by atoms with Crippen molar-refractivity contribution >= 4 is 0 Å². The Labute approximate surface area is 120 Å². The normalized spacial score (nSPS) is 22.9. The smallest absolute Gasteiger partial charge is 0.138 e. The summed E-state index contributed by atoms with van der Waals surface area (Å²) in [6.45, 7) is 9.24. The second-order valence-corrected chi connectivity index (χ2v) is 6.36. The fraction of sp³-hybridized carbons (Fsp3) is 0.857. The number of aromatic nitrogens is 3. The maximum Gasteiger partial charge on any atom is 0.138 e. The van der Waals surface area contributed by atoms with Crippen molar-refractivity contribution in [1.29, 1.82) is 0 Å². The number of hydrogen-bond donors (Lipinski definition) is 2. The molecule has 0 amide bonds. The fourth-order valence-corrected chi connectivity index (χ4v) is 2.62. The summed E-state index contributed by atoms with van der Waals surface area (Å²) in [6, 6.07) is 0.209. The van der Waals surface area contributed by atoms with Crippen LogP contribution in [0, 0.1) is 5.92 Å². The SMILES string of the molecule is CC(C)Cn1ncnc1CC(C)(O)CC1COCCN1. The zero-order valence-electron chi connectivity index (χ0n) is 12.7. The molecule has 0 bridgehead atoms. The average Bonchev–Trinajstić information content (AvgIpc) is 2.75. The molecule has 1 aliphatic rings. The number of nitrogens with one attached hydrogen (secondary N) is 1. The first kappa shape index (κ1) is 15.4. The molecule has 0 aromatic carbocycles. The third-order valence-corrected chi connectivity index (χ3v) is 3.46. The summed E-state index contributed by atoms with van der Waals surface area (Å²) >= 11 is 0. The van der Waals surface area contributed by atoms with Gasteiger partial charge in [-0.15, -0.1) is 0 Å². The number of nitrogens with zero attached hydrogens (tertiary/aromatic N) is 3. The molecule has 1 saturated heterocycles. The molecule has 1 aliphatic heterocycles. The van der Waals surface area contributed by atoms with Crippen LogP contribution >= 0.6 is 0 Å². The molecular formula is C14H26N4O2. The summed E-state index contributed by atoms with van der Waals surface area (Å²) in [5.74, 6) is 1.36. The maximum absolute atomic E-state index is 10.6. The van der Waals surface area contributed by atoms with E-state index in [1.165, 1.54) is 0 Å². The summed E-state index contributed by atoms with van der Waals surface area (Å²) in [6.07, 6.45) is 2.73. The first-order chi connectivity index (χ1) is 9.46. The first-order valence-electron chi connectivity index (χ1n) is 7.36. The van der Waals surface area contributed by atoms with E-state index in [0.717, 1.165) is 25.5 Å². The van der Waals surface area contributed by atoms with Gasteiger partial charge in [0.2, 0.25) is 0 Å². The quantitative estimate of drug-likeness (QED) is 0.799. The highest BCUT2D eigenvalue weighted by Crippen LogP contribution is 2.19. The summed E-state index contributed by atoms with van der Waals surface area (Å²) in [5, 5.41) is 18.2. The average molecular weight is 282 g/mol. The lowest BCUT2D eigenvalue weighted by Gasteiger charge is -2.31. The minimum Gasteiger partial charge on any atom is -0.390 e. The molecule has 114 valence electrons. The number of rotatable bonds is 6. The fourth-order valence-electron chi connectivity index (χ4n) is 2.62. The van der Waals surface area contributed by atoms with Gasteiger partial charge in [0.1, 0.15) is 12.2 Å². The van der Waals surface area contributed by atoms with Crippen LogP contribution in [-0.2, 0) is 17.7 Å². The Kier molecular flexibility index (Phi) is 5.12. The van der Waals surface area contributed by atoms with Crippen molar-refractivity contribution < 1.29 is 9.84 Å². The van der Waals surface area contributed by atoms with E-state index in [1.54, 1.807) is 6.33 Å². The van der Waals surface area contributed by atoms with Gasteiger partial charge in [-0.2, -0.15) is 5.10 Å². The van der Waals surface area contributed by atoms with E-state index in [2.05, 4.69) is 29.2 Å². The van der Waals surface area contributed by atoms with Gasteiger partial charge >= 0.3 is 0 Å². The summed E-state index contributed by atoms with van der Waals surface area (Å²) in [4.78, 5) is 4.29. The minimum absolute atomic E-state index is 0.209. The molecule has 6 nitrogen and oxygen atoms in total. The van der Waals surface area contributed by atoms with Crippen LogP contribution < -0.4 is 5.32 Å². The number of ether oxygens (including phenoxy) is 1. The number of aliphatic hydroxyl groups is 1. The van der Waals surface area contributed by atoms with E-state index in [-0.39, 0.29) is 6.04 Å². The van der Waals surface area contributed by atoms with E-state index in [4.69, 9.17) is 4.74 Å². The highest BCUT2D eigenvalue weighted by atomic mass is 16.5. The van der Waals surface area contributed by atoms with Crippen LogP contribution in [0.2, 0.25) is 0 Å². The van der Waals surface area contributed by atoms with Gasteiger partial charge in [0.05, 0.1) is 18.8 Å². The van der Waals surface area contributed by atoms with Gasteiger partial charge in [0.25, 0.3) is 0 Å². The standard InChI is InChI=1S/C14H26N4O2/c1-11(2)8-18-13(16-10-17-18)7-14(3,19)6-12-9-20-5-4-15-12/h10-12,15,19H,4-9H2,1-3H3. The van der Waals surface area contributed by atoms with E-state index in [0.29, 0.717) is 25.4 Å². The van der Waals surface area contributed by atoms with Crippen LogP contribution in [0.5, 0.6) is 0 Å². The molecule has 0 radical (unpaired) electrons. The second-order valence-electron chi connectivity index (χ2n) is 6.36. The monoisotopic (exact) mass is 282 g/mol. The van der Waals surface area contributed by atoms with E-state index in [1.807, 2.05) is 11.6 Å². The van der Waals surface area contributed by atoms with Crippen molar-refractivity contribution in [3.05, 3.63) is 12.2 Å². The van der Waals surface area contributed by atoms with Gasteiger partial charge in [-0.3, -0.25) is 0 Å². The first-order valence-corrected chi connectivity index (χ1v) is 7.36. The number of hydrogen-bond acceptors (Lipinski definition) is 5. The molecule has 2 atom stereocenters. The Morgan fingerprint density at radius 2 is 2.40 bits per heavy atom. The van der Waals surface area contributed by atoms with Crippen molar-refractivity contribution in [3.63, 3.8) is 0 Å². The van der Waals surface area contributed by atoms with Gasteiger partial charge in [-0.25, -0.2) is 9.67 Å². The van der Waals surface area contributed by atoms with Crippen LogP contribution in [-0.4, -0.2) is 51.3 Å². The molecule has 2 heterocycles. The highest BCUT2D eigenvalue weighted by Gasteiger charge is 2.29. The van der Waals surface area contributed by atoms with Crippen LogP contribution in [0.15, 0.2) is 6.33 Å². The van der Waals surface area contributed by atoms with Crippen molar-refractivity contribution in [2.24, 2.45) is 5.92 Å². The zero-order valence-corrected chi connectivity index (χ0v) is 12.7. The van der Waals surface area contributed by atoms with Crippen LogP contribution in [0.25, 0.3) is 0 Å². The van der Waals surface area contributed by atoms with Crippen molar-refractivity contribution in [1.82, 2.24) is 20.1 Å². The molecule has 0 saturated carbocycles. The third kappa shape index (κ3) is 4.54. The topological polar surface area (TPSA) is 72.2 Å². The Hall–Kier alpha value is -0.980. The van der Waals surface area contributed by atoms with E-state index >= 15 is 0 Å². The molecule has 2 unspecified atom stereocenters. The maximum atomic E-state index is 10.6. The summed E-state index contributed by atoms with van der Waals surface area (Å²) in [7, 11) is 0. The lowest BCUT2D eigenvalue weighted by Crippen LogP contribution is -2.46. The highest BCUT2D eigenvalue weighted by molar-refractivity contribution is 4.95. The predicted octanol–water partition coefficient (Wildman–Crippen LogP) is 0.606. The Morgan fingerprint density at radius 3 is 3.05 bits per heavy atom. The Morgan fingerprint density at radius 1 is 1.60 bits per heavy atom. The van der Waals surface area contributed by atoms with Crippen molar-refractivity contribution in [2.45, 2.75) is 51.8 Å². The molecule has 0 spiro atoms. The Bertz CT molecular complexity index is 411. The largest absolute Gasteiger partial charge is 0.390 e. The zero-order chi connectivity index (χ0) is 14.6. The lowest BCUT2D eigenvalue weighted by atomic mass is 9.93. The number of morpholine rings is 1. The minimum atomic E-state index is -0.805. The van der Waals surface area contributed by atoms with E-state index in [9.17, 15) is 5.11 Å². The molecule has 20 heavy (non-hydrogen) atoms. The van der Waals surface area contributed by atoms with Crippen molar-refractivity contribution in [3.8, 4) is 0 Å². The lowest BCUT2D eigenvalue weighted by molar-refractivity contribution is 0.00469. The molecule has 2 rings (SSSR count). The van der Waals surface area contributed by atoms with Crippen LogP contribution in [0.1, 0.15) is 33.0 Å². The third-order valence-electron chi connectivity index (χ3n) is 3.46. The molecule has 2 N–H and O–H groups in total. The molecule has 1 aromatic rings. The summed E-state index contributed by atoms with van der Waals surface area (Å²) in [5.41, 5.74) is -0.805. The Balaban J connectivity index is 1.94. The van der Waals surface area contributed by atoms with Gasteiger partial charge < -0.3 is 15.2 Å². The molecule has 6 heteroatoms. The van der Waals surface area contributed by atoms with Crippen LogP contribution in [0.3, 0.4) is 0 Å². The van der Waals surface area contributed by atoms with Crippen molar-refractivity contribution in [2.75, 3.05) is 19.8 Å². The molecule has 0 aliphatic carbocycles. The van der Waals surface area contributed by atoms with Crippen LogP contribution in [0.4, 0.5) is 0 Å². The van der Waals surface area contributed by atoms with Gasteiger partial charge in [-0.05, 0) is 19.3 Å². The van der Waals surface area contributed by atoms with Gasteiger partial charge in [0.15, 0.2) is 0 Å². The molecule has 1 fully saturated rings. The van der Waals surface area contributed by atoms with E-state index < -0.39 is 5.60 Å². The van der Waals surface area contributed by atoms with Gasteiger partial charge in [-0.1, -0.05) is 13.8 Å². The summed E-state index contributed by atoms with van der Waals surface area (Å²) < 4.78 is 7.33. The molecule has 1 aromatic heterocycles. The predicted molar refractivity (Wildman–Crippen MR) is 76.4 cm³/mol. The second kappa shape index (κ2) is 6.65.